The molecule has 0 aliphatic carbocycles. The summed E-state index contributed by atoms with van der Waals surface area (Å²) in [6.45, 7) is 5.78. The van der Waals surface area contributed by atoms with Crippen LogP contribution >= 0.6 is 22.7 Å². The van der Waals surface area contributed by atoms with Crippen LogP contribution in [0.15, 0.2) is 39.2 Å². The minimum atomic E-state index is -0.966. The van der Waals surface area contributed by atoms with Gasteiger partial charge in [0.2, 0.25) is 5.91 Å². The van der Waals surface area contributed by atoms with Gasteiger partial charge in [0.05, 0.1) is 6.54 Å². The summed E-state index contributed by atoms with van der Waals surface area (Å²) in [4.78, 5) is 25.9. The van der Waals surface area contributed by atoms with Crippen molar-refractivity contribution in [3.8, 4) is 0 Å². The van der Waals surface area contributed by atoms with Crippen LogP contribution in [0.1, 0.15) is 44.2 Å². The summed E-state index contributed by atoms with van der Waals surface area (Å²) < 4.78 is 0. The Morgan fingerprint density at radius 3 is 2.14 bits per heavy atom. The van der Waals surface area contributed by atoms with E-state index in [1.165, 1.54) is 22.3 Å². The second kappa shape index (κ2) is 10.2. The second-order valence-corrected chi connectivity index (χ2v) is 9.43. The van der Waals surface area contributed by atoms with E-state index in [1.54, 1.807) is 22.7 Å². The highest BCUT2D eigenvalue weighted by molar-refractivity contribution is 7.08. The molecule has 2 aromatic rings. The lowest BCUT2D eigenvalue weighted by Gasteiger charge is -2.30. The largest absolute Gasteiger partial charge is 0.480 e. The maximum atomic E-state index is 12.4. The summed E-state index contributed by atoms with van der Waals surface area (Å²) in [6.07, 6.45) is 2.28. The first-order valence-corrected chi connectivity index (χ1v) is 11.8. The van der Waals surface area contributed by atoms with Crippen LogP contribution in [0.25, 0.3) is 5.57 Å². The van der Waals surface area contributed by atoms with E-state index in [0.717, 1.165) is 25.9 Å². The van der Waals surface area contributed by atoms with Crippen LogP contribution in [-0.2, 0) is 9.59 Å². The Morgan fingerprint density at radius 1 is 1.10 bits per heavy atom. The van der Waals surface area contributed by atoms with Gasteiger partial charge < -0.3 is 10.4 Å². The molecule has 1 saturated heterocycles. The normalized spacial score (nSPS) is 16.0. The quantitative estimate of drug-likeness (QED) is 0.652. The molecule has 1 atom stereocenters. The van der Waals surface area contributed by atoms with Crippen LogP contribution < -0.4 is 5.32 Å². The lowest BCUT2D eigenvalue weighted by molar-refractivity contribution is -0.142. The van der Waals surface area contributed by atoms with E-state index in [2.05, 4.69) is 43.9 Å². The van der Waals surface area contributed by atoms with Crippen molar-refractivity contribution in [3.05, 3.63) is 50.4 Å². The van der Waals surface area contributed by atoms with E-state index in [9.17, 15) is 14.7 Å². The summed E-state index contributed by atoms with van der Waals surface area (Å²) in [5.41, 5.74) is 5.31. The third-order valence-corrected chi connectivity index (χ3v) is 6.51. The minimum Gasteiger partial charge on any atom is -0.480 e. The van der Waals surface area contributed by atoms with Crippen LogP contribution in [0.5, 0.6) is 0 Å². The molecule has 7 heteroatoms. The summed E-state index contributed by atoms with van der Waals surface area (Å²) in [6, 6.07) is 3.53. The minimum absolute atomic E-state index is 0.207. The Labute approximate surface area is 180 Å². The van der Waals surface area contributed by atoms with Crippen molar-refractivity contribution in [2.75, 3.05) is 19.6 Å². The van der Waals surface area contributed by atoms with Gasteiger partial charge in [-0.05, 0) is 75.5 Å². The molecule has 3 heterocycles. The van der Waals surface area contributed by atoms with Gasteiger partial charge in [-0.15, -0.1) is 0 Å². The van der Waals surface area contributed by atoms with Gasteiger partial charge in [-0.3, -0.25) is 9.69 Å². The third kappa shape index (κ3) is 6.01. The van der Waals surface area contributed by atoms with Gasteiger partial charge in [0.1, 0.15) is 6.04 Å². The molecule has 1 aliphatic heterocycles. The van der Waals surface area contributed by atoms with E-state index in [0.29, 0.717) is 6.42 Å². The molecule has 2 N–H and O–H groups in total. The maximum absolute atomic E-state index is 12.4. The van der Waals surface area contributed by atoms with E-state index < -0.39 is 12.0 Å². The number of likely N-dealkylation sites (tertiary alicyclic amines) is 1. The van der Waals surface area contributed by atoms with Crippen LogP contribution in [-0.4, -0.2) is 47.6 Å². The van der Waals surface area contributed by atoms with Crippen LogP contribution in [0.4, 0.5) is 0 Å². The van der Waals surface area contributed by atoms with Crippen LogP contribution in [0.3, 0.4) is 0 Å². The van der Waals surface area contributed by atoms with Gasteiger partial charge in [0.25, 0.3) is 0 Å². The average molecular weight is 433 g/mol. The van der Waals surface area contributed by atoms with Gasteiger partial charge in [-0.25, -0.2) is 4.79 Å². The molecule has 1 fully saturated rings. The van der Waals surface area contributed by atoms with E-state index in [1.807, 2.05) is 13.8 Å². The molecule has 1 aliphatic rings. The van der Waals surface area contributed by atoms with Gasteiger partial charge in [0, 0.05) is 13.1 Å². The summed E-state index contributed by atoms with van der Waals surface area (Å²) in [5.74, 6) is -0.958. The van der Waals surface area contributed by atoms with Crippen molar-refractivity contribution in [2.24, 2.45) is 5.92 Å². The van der Waals surface area contributed by atoms with Crippen LogP contribution in [0.2, 0.25) is 0 Å². The number of nitrogens with zero attached hydrogens (tertiary/aromatic N) is 1. The van der Waals surface area contributed by atoms with Crippen molar-refractivity contribution in [3.63, 3.8) is 0 Å². The molecule has 0 bridgehead atoms. The molecule has 0 spiro atoms. The number of aliphatic carboxylic acids is 1. The zero-order valence-electron chi connectivity index (χ0n) is 16.9. The first-order chi connectivity index (χ1) is 13.9. The Morgan fingerprint density at radius 2 is 1.69 bits per heavy atom. The molecule has 0 saturated carbocycles. The predicted molar refractivity (Wildman–Crippen MR) is 119 cm³/mol. The van der Waals surface area contributed by atoms with E-state index in [-0.39, 0.29) is 18.4 Å². The molecule has 29 heavy (non-hydrogen) atoms. The number of carbonyl (C=O) groups excluding carboxylic acids is 1. The molecule has 0 aromatic carbocycles. The van der Waals surface area contributed by atoms with Crippen molar-refractivity contribution in [1.29, 1.82) is 0 Å². The summed E-state index contributed by atoms with van der Waals surface area (Å²) in [5, 5.41) is 20.6. The monoisotopic (exact) mass is 432 g/mol. The van der Waals surface area contributed by atoms with E-state index >= 15 is 0 Å². The first kappa shape index (κ1) is 21.7. The van der Waals surface area contributed by atoms with Crippen molar-refractivity contribution in [1.82, 2.24) is 10.2 Å². The lowest BCUT2D eigenvalue weighted by Crippen LogP contribution is -2.47. The molecule has 3 rings (SSSR count). The molecular weight excluding hydrogens is 404 g/mol. The summed E-state index contributed by atoms with van der Waals surface area (Å²) >= 11 is 3.42. The number of piperidine rings is 1. The number of amides is 1. The molecule has 5 nitrogen and oxygen atoms in total. The predicted octanol–water partition coefficient (Wildman–Crippen LogP) is 4.32. The highest BCUT2D eigenvalue weighted by Gasteiger charge is 2.24. The molecular formula is C22H28N2O3S2. The number of carbonyl (C=O) groups is 2. The topological polar surface area (TPSA) is 69.6 Å². The Balaban J connectivity index is 1.61. The first-order valence-electron chi connectivity index (χ1n) is 9.95. The fraction of sp³-hybridized carbons (Fsp3) is 0.455. The van der Waals surface area contributed by atoms with Gasteiger partial charge in [-0.2, -0.15) is 22.7 Å². The number of carboxylic acids is 1. The molecule has 0 radical (unpaired) electrons. The number of nitrogens with one attached hydrogen (secondary N) is 1. The van der Waals surface area contributed by atoms with Gasteiger partial charge in [-0.1, -0.05) is 19.4 Å². The number of rotatable bonds is 8. The highest BCUT2D eigenvalue weighted by Crippen LogP contribution is 2.34. The zero-order chi connectivity index (χ0) is 20.8. The fourth-order valence-electron chi connectivity index (χ4n) is 3.76. The smallest absolute Gasteiger partial charge is 0.326 e. The molecule has 2 aromatic heterocycles. The molecule has 1 amide bonds. The van der Waals surface area contributed by atoms with Crippen molar-refractivity contribution >= 4 is 40.1 Å². The SMILES string of the molecule is CC(C)CC(NC(=O)CN1CCC(=C(c2ccsc2)c2ccsc2)CC1)C(=O)O. The Bertz CT molecular complexity index is 795. The van der Waals surface area contributed by atoms with Crippen molar-refractivity contribution < 1.29 is 14.7 Å². The number of hydrogen-bond donors (Lipinski definition) is 2. The number of hydrogen-bond acceptors (Lipinski definition) is 5. The molecule has 1 unspecified atom stereocenters. The van der Waals surface area contributed by atoms with E-state index in [4.69, 9.17) is 0 Å². The standard InChI is InChI=1S/C22H28N2O3S2/c1-15(2)11-19(22(26)27)23-20(25)12-24-7-3-16(4-8-24)21(17-5-9-28-13-17)18-6-10-29-14-18/h5-6,9-10,13-15,19H,3-4,7-8,11-12H2,1-2H3,(H,23,25)(H,26,27). The highest BCUT2D eigenvalue weighted by atomic mass is 32.1. The van der Waals surface area contributed by atoms with Crippen molar-refractivity contribution in [2.45, 2.75) is 39.2 Å². The third-order valence-electron chi connectivity index (χ3n) is 5.14. The number of carboxylic acid groups (broad SMARTS) is 1. The Kier molecular flexibility index (Phi) is 7.64. The summed E-state index contributed by atoms with van der Waals surface area (Å²) in [7, 11) is 0. The lowest BCUT2D eigenvalue weighted by atomic mass is 9.91. The zero-order valence-corrected chi connectivity index (χ0v) is 18.5. The second-order valence-electron chi connectivity index (χ2n) is 7.87. The van der Waals surface area contributed by atoms with Gasteiger partial charge in [0.15, 0.2) is 0 Å². The maximum Gasteiger partial charge on any atom is 0.326 e. The number of thiophene rings is 2. The fourth-order valence-corrected chi connectivity index (χ4v) is 5.05. The van der Waals surface area contributed by atoms with Gasteiger partial charge >= 0.3 is 5.97 Å². The van der Waals surface area contributed by atoms with Crippen LogP contribution in [0, 0.1) is 5.92 Å². The average Bonchev–Trinajstić information content (AvgIpc) is 3.37. The molecule has 156 valence electrons. The Hall–Kier alpha value is -1.96.